The molecule has 1 fully saturated rings. The molecule has 1 saturated heterocycles. The summed E-state index contributed by atoms with van der Waals surface area (Å²) in [5, 5.41) is 2.75. The number of hydrogen-bond acceptors (Lipinski definition) is 6. The predicted octanol–water partition coefficient (Wildman–Crippen LogP) is 4.24. The lowest BCUT2D eigenvalue weighted by Crippen LogP contribution is -2.32. The standard InChI is InChI=1S/C25H32N2O6S/c1-18-9-11-20(17-23(18)34(29,30)27-13-7-5-6-8-14-27)26-24(28)12-10-19-15-21(31-2)25(33-4)22(16-19)32-3/h9-12,15-17H,5-8,13-14H2,1-4H3,(H,26,28)/b12-10+. The van der Waals surface area contributed by atoms with Crippen LogP contribution in [0.25, 0.3) is 6.08 Å². The predicted molar refractivity (Wildman–Crippen MR) is 132 cm³/mol. The normalized spacial score (nSPS) is 15.1. The van der Waals surface area contributed by atoms with Crippen molar-refractivity contribution in [2.24, 2.45) is 0 Å². The summed E-state index contributed by atoms with van der Waals surface area (Å²) in [5.41, 5.74) is 1.74. The van der Waals surface area contributed by atoms with Gasteiger partial charge >= 0.3 is 0 Å². The van der Waals surface area contributed by atoms with Crippen LogP contribution in [-0.4, -0.2) is 53.0 Å². The van der Waals surface area contributed by atoms with E-state index >= 15 is 0 Å². The lowest BCUT2D eigenvalue weighted by molar-refractivity contribution is -0.111. The van der Waals surface area contributed by atoms with Gasteiger partial charge in [0, 0.05) is 24.9 Å². The van der Waals surface area contributed by atoms with Crippen molar-refractivity contribution < 1.29 is 27.4 Å². The van der Waals surface area contributed by atoms with Crippen molar-refractivity contribution in [3.8, 4) is 17.2 Å². The first kappa shape index (κ1) is 25.6. The van der Waals surface area contributed by atoms with Gasteiger partial charge < -0.3 is 19.5 Å². The molecule has 0 unspecified atom stereocenters. The molecule has 8 nitrogen and oxygen atoms in total. The van der Waals surface area contributed by atoms with E-state index < -0.39 is 15.9 Å². The fourth-order valence-corrected chi connectivity index (χ4v) is 5.70. The van der Waals surface area contributed by atoms with Crippen LogP contribution in [0.3, 0.4) is 0 Å². The molecule has 2 aromatic carbocycles. The van der Waals surface area contributed by atoms with Gasteiger partial charge in [0.1, 0.15) is 0 Å². The number of anilines is 1. The fourth-order valence-electron chi connectivity index (χ4n) is 3.93. The maximum atomic E-state index is 13.2. The first-order valence-corrected chi connectivity index (χ1v) is 12.6. The Bertz CT molecular complexity index is 1130. The third kappa shape index (κ3) is 5.90. The number of carbonyl (C=O) groups is 1. The van der Waals surface area contributed by atoms with Crippen LogP contribution in [0.2, 0.25) is 0 Å². The van der Waals surface area contributed by atoms with Gasteiger partial charge in [0.15, 0.2) is 11.5 Å². The monoisotopic (exact) mass is 488 g/mol. The van der Waals surface area contributed by atoms with Crippen LogP contribution in [0.5, 0.6) is 17.2 Å². The van der Waals surface area contributed by atoms with E-state index in [0.29, 0.717) is 47.2 Å². The van der Waals surface area contributed by atoms with Gasteiger partial charge in [-0.25, -0.2) is 8.42 Å². The van der Waals surface area contributed by atoms with Gasteiger partial charge in [-0.2, -0.15) is 4.31 Å². The molecular formula is C25H32N2O6S. The highest BCUT2D eigenvalue weighted by Crippen LogP contribution is 2.38. The number of aryl methyl sites for hydroxylation is 1. The molecule has 9 heteroatoms. The summed E-state index contributed by atoms with van der Waals surface area (Å²) in [5.74, 6) is 1.02. The average molecular weight is 489 g/mol. The van der Waals surface area contributed by atoms with E-state index in [-0.39, 0.29) is 4.90 Å². The molecule has 0 aliphatic carbocycles. The van der Waals surface area contributed by atoms with Crippen molar-refractivity contribution in [3.63, 3.8) is 0 Å². The summed E-state index contributed by atoms with van der Waals surface area (Å²) in [6, 6.07) is 8.39. The maximum absolute atomic E-state index is 13.2. The molecule has 0 radical (unpaired) electrons. The van der Waals surface area contributed by atoms with Gasteiger partial charge in [0.05, 0.1) is 26.2 Å². The number of benzene rings is 2. The number of nitrogens with zero attached hydrogens (tertiary/aromatic N) is 1. The van der Waals surface area contributed by atoms with Crippen LogP contribution in [0.1, 0.15) is 36.8 Å². The Morgan fingerprint density at radius 3 is 2.12 bits per heavy atom. The molecule has 1 aliphatic rings. The third-order valence-corrected chi connectivity index (χ3v) is 7.79. The maximum Gasteiger partial charge on any atom is 0.248 e. The number of nitrogens with one attached hydrogen (secondary N) is 1. The quantitative estimate of drug-likeness (QED) is 0.559. The van der Waals surface area contributed by atoms with E-state index in [1.54, 1.807) is 41.6 Å². The van der Waals surface area contributed by atoms with Crippen LogP contribution in [0.4, 0.5) is 5.69 Å². The zero-order valence-electron chi connectivity index (χ0n) is 20.1. The second kappa shape index (κ2) is 11.4. The second-order valence-corrected chi connectivity index (χ2v) is 9.99. The summed E-state index contributed by atoms with van der Waals surface area (Å²) in [4.78, 5) is 12.8. The molecule has 34 heavy (non-hydrogen) atoms. The molecule has 1 heterocycles. The van der Waals surface area contributed by atoms with E-state index in [4.69, 9.17) is 14.2 Å². The van der Waals surface area contributed by atoms with Gasteiger partial charge in [-0.1, -0.05) is 18.9 Å². The first-order chi connectivity index (χ1) is 16.3. The second-order valence-electron chi connectivity index (χ2n) is 8.08. The van der Waals surface area contributed by atoms with Crippen LogP contribution < -0.4 is 19.5 Å². The van der Waals surface area contributed by atoms with Crippen LogP contribution >= 0.6 is 0 Å². The fraction of sp³-hybridized carbons (Fsp3) is 0.400. The summed E-state index contributed by atoms with van der Waals surface area (Å²) in [6.45, 7) is 2.81. The lowest BCUT2D eigenvalue weighted by Gasteiger charge is -2.21. The van der Waals surface area contributed by atoms with Gasteiger partial charge in [0.2, 0.25) is 21.7 Å². The van der Waals surface area contributed by atoms with Crippen molar-refractivity contribution in [1.29, 1.82) is 0 Å². The molecule has 0 atom stereocenters. The minimum atomic E-state index is -3.63. The number of sulfonamides is 1. The van der Waals surface area contributed by atoms with E-state index in [1.165, 1.54) is 33.5 Å². The molecule has 184 valence electrons. The van der Waals surface area contributed by atoms with E-state index in [2.05, 4.69) is 5.32 Å². The number of rotatable bonds is 8. The minimum Gasteiger partial charge on any atom is -0.493 e. The SMILES string of the molecule is COc1cc(/C=C/C(=O)Nc2ccc(C)c(S(=O)(=O)N3CCCCCC3)c2)cc(OC)c1OC. The van der Waals surface area contributed by atoms with Crippen LogP contribution in [-0.2, 0) is 14.8 Å². The summed E-state index contributed by atoms with van der Waals surface area (Å²) < 4.78 is 44.0. The van der Waals surface area contributed by atoms with Gasteiger partial charge in [-0.15, -0.1) is 0 Å². The Kier molecular flexibility index (Phi) is 8.57. The summed E-state index contributed by atoms with van der Waals surface area (Å²) in [7, 11) is 0.933. The molecule has 3 rings (SSSR count). The highest BCUT2D eigenvalue weighted by atomic mass is 32.2. The topological polar surface area (TPSA) is 94.2 Å². The Hall–Kier alpha value is -3.04. The Labute approximate surface area is 201 Å². The van der Waals surface area contributed by atoms with Crippen molar-refractivity contribution in [3.05, 3.63) is 47.5 Å². The zero-order valence-corrected chi connectivity index (χ0v) is 20.9. The van der Waals surface area contributed by atoms with Crippen molar-refractivity contribution in [2.45, 2.75) is 37.5 Å². The zero-order chi connectivity index (χ0) is 24.7. The highest BCUT2D eigenvalue weighted by molar-refractivity contribution is 7.89. The lowest BCUT2D eigenvalue weighted by atomic mass is 10.1. The first-order valence-electron chi connectivity index (χ1n) is 11.2. The smallest absolute Gasteiger partial charge is 0.248 e. The molecule has 2 aromatic rings. The highest BCUT2D eigenvalue weighted by Gasteiger charge is 2.27. The number of methoxy groups -OCH3 is 3. The Balaban J connectivity index is 1.79. The summed E-state index contributed by atoms with van der Waals surface area (Å²) >= 11 is 0. The molecule has 0 saturated carbocycles. The van der Waals surface area contributed by atoms with Crippen LogP contribution in [0, 0.1) is 6.92 Å². The van der Waals surface area contributed by atoms with Gasteiger partial charge in [0.25, 0.3) is 0 Å². The molecular weight excluding hydrogens is 456 g/mol. The van der Waals surface area contributed by atoms with E-state index in [1.807, 2.05) is 0 Å². The Morgan fingerprint density at radius 2 is 1.56 bits per heavy atom. The third-order valence-electron chi connectivity index (χ3n) is 5.75. The molecule has 0 spiro atoms. The average Bonchev–Trinajstić information content (AvgIpc) is 3.13. The molecule has 0 aromatic heterocycles. The van der Waals surface area contributed by atoms with E-state index in [0.717, 1.165) is 25.7 Å². The molecule has 1 N–H and O–H groups in total. The van der Waals surface area contributed by atoms with Crippen LogP contribution in [0.15, 0.2) is 41.3 Å². The number of carbonyl (C=O) groups excluding carboxylic acids is 1. The molecule has 1 aliphatic heterocycles. The number of ether oxygens (including phenoxy) is 3. The van der Waals surface area contributed by atoms with Crippen molar-refractivity contribution in [1.82, 2.24) is 4.31 Å². The summed E-state index contributed by atoms with van der Waals surface area (Å²) in [6.07, 6.45) is 6.78. The number of amides is 1. The minimum absolute atomic E-state index is 0.223. The van der Waals surface area contributed by atoms with Gasteiger partial charge in [-0.05, 0) is 61.2 Å². The van der Waals surface area contributed by atoms with Crippen molar-refractivity contribution >= 4 is 27.7 Å². The largest absolute Gasteiger partial charge is 0.493 e. The van der Waals surface area contributed by atoms with Crippen molar-refractivity contribution in [2.75, 3.05) is 39.7 Å². The molecule has 1 amide bonds. The number of hydrogen-bond donors (Lipinski definition) is 1. The van der Waals surface area contributed by atoms with E-state index in [9.17, 15) is 13.2 Å². The van der Waals surface area contributed by atoms with Gasteiger partial charge in [-0.3, -0.25) is 4.79 Å². The Morgan fingerprint density at radius 1 is 0.941 bits per heavy atom. The molecule has 0 bridgehead atoms.